The lowest BCUT2D eigenvalue weighted by atomic mass is 9.85. The van der Waals surface area contributed by atoms with Crippen molar-refractivity contribution in [3.63, 3.8) is 0 Å². The molecule has 0 amide bonds. The first-order valence-corrected chi connectivity index (χ1v) is 7.89. The molecule has 7 nitrogen and oxygen atoms in total. The Labute approximate surface area is 123 Å². The van der Waals surface area contributed by atoms with Crippen LogP contribution in [0.5, 0.6) is 0 Å². The molecular weight excluding hydrogens is 296 g/mol. The zero-order chi connectivity index (χ0) is 15.7. The second-order valence-corrected chi connectivity index (χ2v) is 7.05. The molecular formula is C13H18N2O5S. The van der Waals surface area contributed by atoms with E-state index in [1.165, 1.54) is 19.2 Å². The number of carboxylic acid groups (broad SMARTS) is 1. The largest absolute Gasteiger partial charge is 0.481 e. The summed E-state index contributed by atoms with van der Waals surface area (Å²) in [4.78, 5) is 11.5. The van der Waals surface area contributed by atoms with E-state index < -0.39 is 21.4 Å². The molecule has 2 unspecified atom stereocenters. The molecule has 2 atom stereocenters. The van der Waals surface area contributed by atoms with Gasteiger partial charge < -0.3 is 15.2 Å². The van der Waals surface area contributed by atoms with Gasteiger partial charge in [-0.25, -0.2) is 13.1 Å². The third kappa shape index (κ3) is 3.02. The summed E-state index contributed by atoms with van der Waals surface area (Å²) in [5.41, 5.74) is -0.358. The average Bonchev–Trinajstić information content (AvgIpc) is 2.82. The fraction of sp³-hybridized carbons (Fsp3) is 0.462. The number of ether oxygens (including phenoxy) is 1. The molecule has 1 heterocycles. The van der Waals surface area contributed by atoms with Crippen molar-refractivity contribution in [1.29, 1.82) is 0 Å². The van der Waals surface area contributed by atoms with E-state index in [-0.39, 0.29) is 17.5 Å². The van der Waals surface area contributed by atoms with Crippen molar-refractivity contribution in [2.75, 3.05) is 25.6 Å². The molecule has 1 aliphatic heterocycles. The summed E-state index contributed by atoms with van der Waals surface area (Å²) in [7, 11) is -2.13. The van der Waals surface area contributed by atoms with Crippen molar-refractivity contribution in [3.8, 4) is 0 Å². The summed E-state index contributed by atoms with van der Waals surface area (Å²) in [6.07, 6.45) is 0. The van der Waals surface area contributed by atoms with E-state index in [4.69, 9.17) is 4.74 Å². The highest BCUT2D eigenvalue weighted by Crippen LogP contribution is 2.31. The van der Waals surface area contributed by atoms with E-state index >= 15 is 0 Å². The lowest BCUT2D eigenvalue weighted by molar-refractivity contribution is -0.148. The normalized spacial score (nSPS) is 25.7. The number of carbonyl (C=O) groups is 1. The predicted octanol–water partition coefficient (Wildman–Crippen LogP) is 0.496. The van der Waals surface area contributed by atoms with Crippen molar-refractivity contribution in [3.05, 3.63) is 24.3 Å². The molecule has 3 N–H and O–H groups in total. The fourth-order valence-corrected chi connectivity index (χ4v) is 2.86. The number of rotatable bonds is 5. The van der Waals surface area contributed by atoms with Gasteiger partial charge in [0, 0.05) is 5.69 Å². The van der Waals surface area contributed by atoms with E-state index in [9.17, 15) is 18.3 Å². The summed E-state index contributed by atoms with van der Waals surface area (Å²) < 4.78 is 30.7. The standard InChI is InChI=1S/C13H18N2O5S/c1-13(12(16)17)8-20-7-11(13)15-9-3-5-10(6-4-9)21(18,19)14-2/h3-6,11,14-15H,7-8H2,1-2H3,(H,16,17). The lowest BCUT2D eigenvalue weighted by Crippen LogP contribution is -2.43. The van der Waals surface area contributed by atoms with Crippen molar-refractivity contribution in [2.24, 2.45) is 5.41 Å². The van der Waals surface area contributed by atoms with Gasteiger partial charge in [-0.1, -0.05) is 0 Å². The SMILES string of the molecule is CNS(=O)(=O)c1ccc(NC2COCC2(C)C(=O)O)cc1. The molecule has 1 aliphatic rings. The molecule has 1 saturated heterocycles. The monoisotopic (exact) mass is 314 g/mol. The number of benzene rings is 1. The summed E-state index contributed by atoms with van der Waals surface area (Å²) in [5, 5.41) is 12.4. The van der Waals surface area contributed by atoms with Gasteiger partial charge in [0.2, 0.25) is 10.0 Å². The molecule has 2 rings (SSSR count). The van der Waals surface area contributed by atoms with E-state index in [1.54, 1.807) is 19.1 Å². The summed E-state index contributed by atoms with van der Waals surface area (Å²) >= 11 is 0. The first-order valence-electron chi connectivity index (χ1n) is 6.41. The molecule has 0 bridgehead atoms. The first kappa shape index (κ1) is 15.7. The number of sulfonamides is 1. The molecule has 0 spiro atoms. The minimum atomic E-state index is -3.48. The Morgan fingerprint density at radius 3 is 2.52 bits per heavy atom. The Hall–Kier alpha value is -1.64. The first-order chi connectivity index (χ1) is 9.79. The van der Waals surface area contributed by atoms with Crippen molar-refractivity contribution in [1.82, 2.24) is 4.72 Å². The van der Waals surface area contributed by atoms with E-state index in [2.05, 4.69) is 10.0 Å². The quantitative estimate of drug-likeness (QED) is 0.731. The Bertz CT molecular complexity index is 628. The maximum Gasteiger partial charge on any atom is 0.313 e. The van der Waals surface area contributed by atoms with Crippen LogP contribution in [0.15, 0.2) is 29.2 Å². The van der Waals surface area contributed by atoms with E-state index in [0.717, 1.165) is 0 Å². The Morgan fingerprint density at radius 1 is 1.38 bits per heavy atom. The molecule has 8 heteroatoms. The van der Waals surface area contributed by atoms with Gasteiger partial charge in [0.15, 0.2) is 0 Å². The molecule has 21 heavy (non-hydrogen) atoms. The van der Waals surface area contributed by atoms with Crippen molar-refractivity contribution in [2.45, 2.75) is 17.9 Å². The number of anilines is 1. The number of hydrogen-bond acceptors (Lipinski definition) is 5. The fourth-order valence-electron chi connectivity index (χ4n) is 2.13. The molecule has 0 saturated carbocycles. The van der Waals surface area contributed by atoms with Gasteiger partial charge in [-0.3, -0.25) is 4.79 Å². The molecule has 0 aromatic heterocycles. The Balaban J connectivity index is 2.16. The summed E-state index contributed by atoms with van der Waals surface area (Å²) in [6, 6.07) is 5.75. The molecule has 0 aliphatic carbocycles. The third-order valence-electron chi connectivity index (χ3n) is 3.72. The smallest absolute Gasteiger partial charge is 0.313 e. The van der Waals surface area contributed by atoms with Crippen LogP contribution in [0, 0.1) is 5.41 Å². The van der Waals surface area contributed by atoms with Crippen LogP contribution in [-0.2, 0) is 19.6 Å². The number of carboxylic acids is 1. The lowest BCUT2D eigenvalue weighted by Gasteiger charge is -2.26. The highest BCUT2D eigenvalue weighted by atomic mass is 32.2. The molecule has 1 aromatic rings. The number of aliphatic carboxylic acids is 1. The van der Waals surface area contributed by atoms with Crippen LogP contribution in [0.2, 0.25) is 0 Å². The second-order valence-electron chi connectivity index (χ2n) is 5.17. The van der Waals surface area contributed by atoms with Gasteiger partial charge in [-0.15, -0.1) is 0 Å². The second kappa shape index (κ2) is 5.63. The molecule has 0 radical (unpaired) electrons. The van der Waals surface area contributed by atoms with Crippen LogP contribution in [-0.4, -0.2) is 45.8 Å². The highest BCUT2D eigenvalue weighted by Gasteiger charge is 2.46. The third-order valence-corrected chi connectivity index (χ3v) is 5.15. The number of nitrogens with one attached hydrogen (secondary N) is 2. The predicted molar refractivity (Wildman–Crippen MR) is 76.7 cm³/mol. The van der Waals surface area contributed by atoms with Crippen LogP contribution >= 0.6 is 0 Å². The summed E-state index contributed by atoms with van der Waals surface area (Å²) in [6.45, 7) is 2.06. The zero-order valence-corrected chi connectivity index (χ0v) is 12.6. The molecule has 116 valence electrons. The Kier molecular flexibility index (Phi) is 4.22. The molecule has 1 fully saturated rings. The van der Waals surface area contributed by atoms with E-state index in [0.29, 0.717) is 12.3 Å². The van der Waals surface area contributed by atoms with Crippen molar-refractivity contribution >= 4 is 21.7 Å². The maximum atomic E-state index is 11.6. The highest BCUT2D eigenvalue weighted by molar-refractivity contribution is 7.89. The average molecular weight is 314 g/mol. The van der Waals surface area contributed by atoms with Crippen LogP contribution in [0.1, 0.15) is 6.92 Å². The van der Waals surface area contributed by atoms with Gasteiger partial charge in [0.05, 0.1) is 24.2 Å². The van der Waals surface area contributed by atoms with Crippen molar-refractivity contribution < 1.29 is 23.1 Å². The van der Waals surface area contributed by atoms with Crippen LogP contribution in [0.25, 0.3) is 0 Å². The summed E-state index contributed by atoms with van der Waals surface area (Å²) in [5.74, 6) is -0.924. The minimum Gasteiger partial charge on any atom is -0.481 e. The zero-order valence-electron chi connectivity index (χ0n) is 11.8. The Morgan fingerprint density at radius 2 is 2.00 bits per heavy atom. The van der Waals surface area contributed by atoms with Gasteiger partial charge in [-0.05, 0) is 38.2 Å². The minimum absolute atomic E-state index is 0.145. The van der Waals surface area contributed by atoms with Crippen LogP contribution < -0.4 is 10.0 Å². The van der Waals surface area contributed by atoms with Gasteiger partial charge in [0.1, 0.15) is 5.41 Å². The van der Waals surface area contributed by atoms with Gasteiger partial charge in [0.25, 0.3) is 0 Å². The van der Waals surface area contributed by atoms with Crippen LogP contribution in [0.3, 0.4) is 0 Å². The van der Waals surface area contributed by atoms with E-state index in [1.807, 2.05) is 0 Å². The van der Waals surface area contributed by atoms with Crippen LogP contribution in [0.4, 0.5) is 5.69 Å². The van der Waals surface area contributed by atoms with Gasteiger partial charge in [-0.2, -0.15) is 0 Å². The maximum absolute atomic E-state index is 11.6. The van der Waals surface area contributed by atoms with Gasteiger partial charge >= 0.3 is 5.97 Å². The molecule has 1 aromatic carbocycles. The topological polar surface area (TPSA) is 105 Å². The number of hydrogen-bond donors (Lipinski definition) is 3.